The molecule has 5 aliphatic heterocycles. The monoisotopic (exact) mass is 1090 g/mol. The van der Waals surface area contributed by atoms with Crippen LogP contribution in [0.3, 0.4) is 0 Å². The fourth-order valence-electron chi connectivity index (χ4n) is 12.4. The molecule has 0 radical (unpaired) electrons. The van der Waals surface area contributed by atoms with E-state index in [9.17, 15) is 33.6 Å². The third-order valence-electron chi connectivity index (χ3n) is 16.1. The van der Waals surface area contributed by atoms with Crippen LogP contribution in [0.5, 0.6) is 5.88 Å². The minimum atomic E-state index is -5.02. The first kappa shape index (κ1) is 49.2. The highest BCUT2D eigenvalue weighted by atomic mass is 31.2. The second kappa shape index (κ2) is 20.0. The number of nitrogens with one attached hydrogen (secondary N) is 1. The molecule has 4 aromatic heterocycles. The molecule has 5 amide bonds. The van der Waals surface area contributed by atoms with Gasteiger partial charge in [0, 0.05) is 99.2 Å². The molecule has 3 saturated heterocycles. The number of aromatic nitrogens is 4. The summed E-state index contributed by atoms with van der Waals surface area (Å²) in [6, 6.07) is 13.3. The maximum atomic E-state index is 14.3. The average molecular weight is 1090 g/mol. The van der Waals surface area contributed by atoms with Gasteiger partial charge in [0.25, 0.3) is 23.6 Å². The molecule has 3 fully saturated rings. The summed E-state index contributed by atoms with van der Waals surface area (Å²) in [7, 11) is -7.85. The van der Waals surface area contributed by atoms with E-state index in [-0.39, 0.29) is 52.9 Å². The Hall–Kier alpha value is -7.07. The molecule has 0 bridgehead atoms. The number of nitrogens with zero attached hydrogens (tertiary/aromatic N) is 10. The summed E-state index contributed by atoms with van der Waals surface area (Å²) in [5, 5.41) is 15.0. The molecule has 2 atom stereocenters. The van der Waals surface area contributed by atoms with Gasteiger partial charge >= 0.3 is 7.82 Å². The largest absolute Gasteiger partial charge is 0.480 e. The number of piperidine rings is 2. The standard InChI is InChI=1S/C55H64N11O11P/c1-32-30-61(35-14-17-60(18-15-35)36-7-9-39-40(25-36)51(69)66(50(39)68)42-10-12-46(67)65(52(42)70)31-77-78(73,74)75)19-20-62(32)37-8-11-45(57-29-37)59-41-23-34(28-58-49(41)76-6)38-13-16-56-48(47(38)55(4,5)72)64-22-21-63-43(53(64)71)24-33-26-54(2,3)27-44(33)63/h7-9,11,13,16,23-25,28-29,32,35,42,72H,10,12,14-15,17-22,26-27,30-31H2,1-6H3,(H,57,59)(H2,73,74,75)/t32-,42?/m0/s1/i6D3. The molecule has 0 spiro atoms. The van der Waals surface area contributed by atoms with Crippen LogP contribution < -0.4 is 24.8 Å². The van der Waals surface area contributed by atoms with Crippen molar-refractivity contribution >= 4 is 66.1 Å². The number of rotatable bonds is 13. The average Bonchev–Trinajstić information content (AvgIpc) is 4.05. The third-order valence-corrected chi connectivity index (χ3v) is 16.5. The van der Waals surface area contributed by atoms with Gasteiger partial charge in [0.2, 0.25) is 11.8 Å². The van der Waals surface area contributed by atoms with Crippen LogP contribution in [0.15, 0.2) is 67.1 Å². The van der Waals surface area contributed by atoms with Gasteiger partial charge in [0.15, 0.2) is 0 Å². The zero-order valence-electron chi connectivity index (χ0n) is 47.0. The maximum absolute atomic E-state index is 14.3. The first-order chi connectivity index (χ1) is 38.2. The Balaban J connectivity index is 0.735. The Kier molecular flexibility index (Phi) is 12.6. The van der Waals surface area contributed by atoms with Gasteiger partial charge in [-0.25, -0.2) is 19.5 Å². The number of aliphatic hydroxyl groups is 1. The Labute approximate surface area is 455 Å². The molecule has 5 aromatic rings. The number of methoxy groups -OCH3 is 1. The molecule has 1 aromatic carbocycles. The van der Waals surface area contributed by atoms with E-state index in [2.05, 4.69) is 59.8 Å². The molecule has 1 aliphatic carbocycles. The van der Waals surface area contributed by atoms with E-state index in [1.165, 1.54) is 17.5 Å². The summed E-state index contributed by atoms with van der Waals surface area (Å²) in [5.74, 6) is -2.73. The highest BCUT2D eigenvalue weighted by molar-refractivity contribution is 7.46. The van der Waals surface area contributed by atoms with E-state index in [4.69, 9.17) is 23.6 Å². The van der Waals surface area contributed by atoms with Gasteiger partial charge in [-0.3, -0.25) is 48.1 Å². The highest BCUT2D eigenvalue weighted by Crippen LogP contribution is 2.44. The van der Waals surface area contributed by atoms with Crippen LogP contribution in [0.4, 0.5) is 28.7 Å². The van der Waals surface area contributed by atoms with Crippen LogP contribution in [0, 0.1) is 5.41 Å². The Bertz CT molecular complexity index is 3430. The number of pyridine rings is 3. The number of carbonyl (C=O) groups excluding carboxylic acids is 5. The number of fused-ring (bicyclic) bond motifs is 4. The fourth-order valence-corrected chi connectivity index (χ4v) is 12.7. The van der Waals surface area contributed by atoms with Gasteiger partial charge in [-0.15, -0.1) is 0 Å². The number of hydrogen-bond acceptors (Lipinski definition) is 16. The van der Waals surface area contributed by atoms with E-state index in [1.54, 1.807) is 67.5 Å². The minimum absolute atomic E-state index is 0.120. The fraction of sp³-hybridized carbons (Fsp3) is 0.455. The summed E-state index contributed by atoms with van der Waals surface area (Å²) in [4.78, 5) is 109. The maximum Gasteiger partial charge on any atom is 0.471 e. The van der Waals surface area contributed by atoms with Crippen molar-refractivity contribution in [1.82, 2.24) is 34.2 Å². The van der Waals surface area contributed by atoms with Crippen LogP contribution >= 0.6 is 7.82 Å². The molecule has 0 saturated carbocycles. The van der Waals surface area contributed by atoms with Crippen LogP contribution in [0.2, 0.25) is 0 Å². The number of piperazine rings is 1. The molecule has 1 unspecified atom stereocenters. The number of imide groups is 2. The second-order valence-electron chi connectivity index (χ2n) is 22.4. The molecule has 78 heavy (non-hydrogen) atoms. The molecule has 410 valence electrons. The van der Waals surface area contributed by atoms with Crippen LogP contribution in [-0.4, -0.2) is 150 Å². The number of anilines is 5. The molecular formula is C55H64N11O11P. The molecule has 6 aliphatic rings. The topological polar surface area (TPSA) is 257 Å². The van der Waals surface area contributed by atoms with Crippen molar-refractivity contribution in [2.24, 2.45) is 5.41 Å². The normalized spacial score (nSPS) is 21.9. The lowest BCUT2D eigenvalue weighted by Crippen LogP contribution is -2.57. The van der Waals surface area contributed by atoms with E-state index >= 15 is 0 Å². The first-order valence-corrected chi connectivity index (χ1v) is 27.7. The van der Waals surface area contributed by atoms with Crippen molar-refractivity contribution in [3.05, 3.63) is 101 Å². The SMILES string of the molecule is [2H]C([2H])([2H])Oc1ncc(-c2ccnc(N3CCn4c(cc5c4CC(C)(C)C5)C3=O)c2C(C)(C)O)cc1Nc1ccc(N2CCN(C3CCN(c4ccc5c(c4)C(=O)N(C4CCC(=O)N(COP(=O)(O)O)C4=O)C5=O)CC3)C[C@@H]2C)cn1. The van der Waals surface area contributed by atoms with E-state index in [0.29, 0.717) is 71.1 Å². The molecule has 9 heterocycles. The van der Waals surface area contributed by atoms with Crippen molar-refractivity contribution in [3.63, 3.8) is 0 Å². The second-order valence-corrected chi connectivity index (χ2v) is 23.6. The smallest absolute Gasteiger partial charge is 0.471 e. The number of likely N-dealkylation sites (tertiary alicyclic amines) is 1. The van der Waals surface area contributed by atoms with Crippen molar-refractivity contribution in [2.45, 2.75) is 103 Å². The van der Waals surface area contributed by atoms with E-state index in [0.717, 1.165) is 61.6 Å². The van der Waals surface area contributed by atoms with Crippen LogP contribution in [-0.2, 0) is 43.7 Å². The predicted molar refractivity (Wildman–Crippen MR) is 288 cm³/mol. The minimum Gasteiger partial charge on any atom is -0.480 e. The van der Waals surface area contributed by atoms with Gasteiger partial charge in [-0.1, -0.05) is 13.8 Å². The first-order valence-electron chi connectivity index (χ1n) is 27.7. The van der Waals surface area contributed by atoms with E-state index < -0.39 is 56.9 Å². The van der Waals surface area contributed by atoms with Gasteiger partial charge in [0.05, 0.1) is 39.8 Å². The van der Waals surface area contributed by atoms with Gasteiger partial charge in [0.1, 0.15) is 35.8 Å². The highest BCUT2D eigenvalue weighted by Gasteiger charge is 2.48. The Morgan fingerprint density at radius 2 is 1.62 bits per heavy atom. The summed E-state index contributed by atoms with van der Waals surface area (Å²) in [6.45, 7) is 13.5. The summed E-state index contributed by atoms with van der Waals surface area (Å²) in [6.07, 6.45) is 7.94. The summed E-state index contributed by atoms with van der Waals surface area (Å²) in [5.41, 5.74) is 5.21. The molecule has 22 nitrogen and oxygen atoms in total. The summed E-state index contributed by atoms with van der Waals surface area (Å²) >= 11 is 0. The summed E-state index contributed by atoms with van der Waals surface area (Å²) < 4.78 is 46.9. The van der Waals surface area contributed by atoms with Crippen molar-refractivity contribution < 1.29 is 56.8 Å². The van der Waals surface area contributed by atoms with Gasteiger partial charge < -0.3 is 39.3 Å². The third kappa shape index (κ3) is 9.82. The lowest BCUT2D eigenvalue weighted by molar-refractivity contribution is -0.155. The predicted octanol–water partition coefficient (Wildman–Crippen LogP) is 5.46. The number of hydrogen-bond donors (Lipinski definition) is 4. The molecular weight excluding hydrogens is 1020 g/mol. The number of carbonyl (C=O) groups is 5. The molecule has 23 heteroatoms. The number of amides is 5. The number of benzene rings is 1. The van der Waals surface area contributed by atoms with Crippen LogP contribution in [0.25, 0.3) is 11.1 Å². The molecule has 11 rings (SSSR count). The van der Waals surface area contributed by atoms with Crippen LogP contribution in [0.1, 0.15) is 112 Å². The van der Waals surface area contributed by atoms with Gasteiger partial charge in [-0.05, 0) is 118 Å². The van der Waals surface area contributed by atoms with Crippen molar-refractivity contribution in [1.29, 1.82) is 0 Å². The van der Waals surface area contributed by atoms with Gasteiger partial charge in [-0.2, -0.15) is 0 Å². The zero-order valence-corrected chi connectivity index (χ0v) is 44.9. The lowest BCUT2D eigenvalue weighted by Gasteiger charge is -2.46. The van der Waals surface area contributed by atoms with Crippen molar-refractivity contribution in [3.8, 4) is 17.0 Å². The lowest BCUT2D eigenvalue weighted by atomic mass is 9.89. The Morgan fingerprint density at radius 3 is 2.33 bits per heavy atom. The quantitative estimate of drug-likeness (QED) is 0.0843. The molecule has 4 N–H and O–H groups in total. The van der Waals surface area contributed by atoms with Crippen molar-refractivity contribution in [2.75, 3.05) is 73.1 Å². The number of phosphoric acid groups is 1. The van der Waals surface area contributed by atoms with E-state index in [1.807, 2.05) is 12.1 Å². The Morgan fingerprint density at radius 1 is 0.846 bits per heavy atom. The number of phosphoric ester groups is 1. The number of ether oxygens (including phenoxy) is 1. The zero-order chi connectivity index (χ0) is 57.7.